The zero-order chi connectivity index (χ0) is 16.1. The summed E-state index contributed by atoms with van der Waals surface area (Å²) in [4.78, 5) is 6.24. The molecule has 3 nitrogen and oxygen atoms in total. The van der Waals surface area contributed by atoms with Gasteiger partial charge in [-0.3, -0.25) is 0 Å². The summed E-state index contributed by atoms with van der Waals surface area (Å²) in [6.07, 6.45) is 6.43. The third-order valence-corrected chi connectivity index (χ3v) is 4.37. The van der Waals surface area contributed by atoms with Crippen molar-refractivity contribution in [2.75, 3.05) is 7.05 Å². The van der Waals surface area contributed by atoms with E-state index in [1.807, 2.05) is 13.1 Å². The van der Waals surface area contributed by atoms with Gasteiger partial charge in [-0.25, -0.2) is 4.99 Å². The lowest BCUT2D eigenvalue weighted by atomic mass is 9.97. The van der Waals surface area contributed by atoms with Gasteiger partial charge in [-0.1, -0.05) is 51.1 Å². The number of nitrogens with two attached hydrogens (primary N) is 1. The summed E-state index contributed by atoms with van der Waals surface area (Å²) < 4.78 is 0. The van der Waals surface area contributed by atoms with Crippen molar-refractivity contribution in [3.63, 3.8) is 0 Å². The predicted molar refractivity (Wildman–Crippen MR) is 94.5 cm³/mol. The van der Waals surface area contributed by atoms with Crippen LogP contribution < -0.4 is 5.73 Å². The van der Waals surface area contributed by atoms with Crippen molar-refractivity contribution >= 4 is 5.96 Å². The Kier molecular flexibility index (Phi) is 5.42. The Morgan fingerprint density at radius 3 is 2.73 bits per heavy atom. The van der Waals surface area contributed by atoms with E-state index in [-0.39, 0.29) is 0 Å². The number of hydrogen-bond donors (Lipinski definition) is 1. The lowest BCUT2D eigenvalue weighted by molar-refractivity contribution is 0.516. The summed E-state index contributed by atoms with van der Waals surface area (Å²) in [6.45, 7) is 8.57. The highest BCUT2D eigenvalue weighted by molar-refractivity contribution is 5.82. The number of guanidine groups is 1. The molecule has 2 rings (SSSR count). The molecule has 1 heterocycles. The zero-order valence-electron chi connectivity index (χ0n) is 14.0. The van der Waals surface area contributed by atoms with E-state index in [0.29, 0.717) is 5.96 Å². The molecule has 0 aliphatic carbocycles. The van der Waals surface area contributed by atoms with Crippen LogP contribution in [0.2, 0.25) is 0 Å². The molecule has 1 aliphatic rings. The van der Waals surface area contributed by atoms with Crippen molar-refractivity contribution in [1.29, 1.82) is 0 Å². The summed E-state index contributed by atoms with van der Waals surface area (Å²) in [6, 6.07) is 8.79. The number of aryl methyl sites for hydroxylation is 1. The van der Waals surface area contributed by atoms with Gasteiger partial charge in [0, 0.05) is 19.2 Å². The van der Waals surface area contributed by atoms with Crippen molar-refractivity contribution in [1.82, 2.24) is 4.90 Å². The van der Waals surface area contributed by atoms with Crippen LogP contribution in [0.5, 0.6) is 0 Å². The Morgan fingerprint density at radius 1 is 1.32 bits per heavy atom. The molecule has 1 aromatic rings. The van der Waals surface area contributed by atoms with E-state index in [2.05, 4.69) is 49.7 Å². The summed E-state index contributed by atoms with van der Waals surface area (Å²) in [5.41, 5.74) is 10.5. The van der Waals surface area contributed by atoms with Gasteiger partial charge in [-0.15, -0.1) is 0 Å². The Bertz CT molecular complexity index is 598. The van der Waals surface area contributed by atoms with Gasteiger partial charge in [0.05, 0.1) is 5.70 Å². The number of rotatable bonds is 6. The minimum atomic E-state index is 0.510. The second-order valence-corrected chi connectivity index (χ2v) is 6.20. The molecule has 118 valence electrons. The molecule has 1 aliphatic heterocycles. The molecule has 0 radical (unpaired) electrons. The average molecular weight is 297 g/mol. The first kappa shape index (κ1) is 16.3. The fourth-order valence-corrected chi connectivity index (χ4v) is 2.50. The molecular formula is C19H27N3. The van der Waals surface area contributed by atoms with E-state index in [9.17, 15) is 0 Å². The monoisotopic (exact) mass is 297 g/mol. The number of aliphatic imine (C=N–C) groups is 1. The summed E-state index contributed by atoms with van der Waals surface area (Å²) in [5, 5.41) is 0. The molecule has 22 heavy (non-hydrogen) atoms. The van der Waals surface area contributed by atoms with Crippen molar-refractivity contribution < 1.29 is 0 Å². The molecule has 0 saturated carbocycles. The SMILES string of the molecule is C=C1C=C(Cc2cccc(CCC(C)CC)c2)N=C(N)N1C. The first-order chi connectivity index (χ1) is 10.5. The van der Waals surface area contributed by atoms with E-state index in [4.69, 9.17) is 5.73 Å². The van der Waals surface area contributed by atoms with E-state index in [1.54, 1.807) is 4.90 Å². The van der Waals surface area contributed by atoms with Crippen molar-refractivity contribution in [3.05, 3.63) is 59.4 Å². The number of hydrogen-bond acceptors (Lipinski definition) is 3. The molecule has 0 saturated heterocycles. The van der Waals surface area contributed by atoms with Crippen molar-refractivity contribution in [2.45, 2.75) is 39.5 Å². The molecule has 0 bridgehead atoms. The van der Waals surface area contributed by atoms with Crippen LogP contribution in [0.25, 0.3) is 0 Å². The summed E-state index contributed by atoms with van der Waals surface area (Å²) >= 11 is 0. The average Bonchev–Trinajstić information content (AvgIpc) is 2.50. The number of nitrogens with zero attached hydrogens (tertiary/aromatic N) is 2. The maximum absolute atomic E-state index is 5.91. The molecule has 1 aromatic carbocycles. The molecule has 2 N–H and O–H groups in total. The highest BCUT2D eigenvalue weighted by atomic mass is 15.2. The molecule has 1 unspecified atom stereocenters. The quantitative estimate of drug-likeness (QED) is 0.866. The zero-order valence-corrected chi connectivity index (χ0v) is 14.0. The molecule has 0 amide bonds. The van der Waals surface area contributed by atoms with Crippen LogP contribution in [-0.2, 0) is 12.8 Å². The predicted octanol–water partition coefficient (Wildman–Crippen LogP) is 3.87. The summed E-state index contributed by atoms with van der Waals surface area (Å²) in [7, 11) is 1.88. The van der Waals surface area contributed by atoms with Crippen LogP contribution in [0.15, 0.2) is 53.3 Å². The fraction of sp³-hybridized carbons (Fsp3) is 0.421. The minimum absolute atomic E-state index is 0.510. The largest absolute Gasteiger partial charge is 0.369 e. The van der Waals surface area contributed by atoms with Gasteiger partial charge in [0.25, 0.3) is 0 Å². The number of allylic oxidation sites excluding steroid dienone is 2. The molecular weight excluding hydrogens is 270 g/mol. The number of benzene rings is 1. The second kappa shape index (κ2) is 7.30. The lowest BCUT2D eigenvalue weighted by Crippen LogP contribution is -2.34. The Hall–Kier alpha value is -2.03. The van der Waals surface area contributed by atoms with Gasteiger partial charge in [0.2, 0.25) is 0 Å². The van der Waals surface area contributed by atoms with Gasteiger partial charge >= 0.3 is 0 Å². The van der Waals surface area contributed by atoms with Gasteiger partial charge in [0.15, 0.2) is 5.96 Å². The van der Waals surface area contributed by atoms with Crippen LogP contribution >= 0.6 is 0 Å². The Balaban J connectivity index is 2.05. The van der Waals surface area contributed by atoms with Gasteiger partial charge in [0.1, 0.15) is 0 Å². The van der Waals surface area contributed by atoms with Crippen molar-refractivity contribution in [3.8, 4) is 0 Å². The van der Waals surface area contributed by atoms with Crippen LogP contribution in [0.1, 0.15) is 37.8 Å². The first-order valence-corrected chi connectivity index (χ1v) is 8.04. The van der Waals surface area contributed by atoms with Gasteiger partial charge in [-0.2, -0.15) is 0 Å². The Labute approximate surface area is 134 Å². The maximum Gasteiger partial charge on any atom is 0.200 e. The first-order valence-electron chi connectivity index (χ1n) is 8.04. The molecule has 1 atom stereocenters. The highest BCUT2D eigenvalue weighted by Gasteiger charge is 2.12. The third kappa shape index (κ3) is 4.23. The summed E-state index contributed by atoms with van der Waals surface area (Å²) in [5.74, 6) is 1.29. The topological polar surface area (TPSA) is 41.6 Å². The minimum Gasteiger partial charge on any atom is -0.369 e. The van der Waals surface area contributed by atoms with Crippen LogP contribution in [0.3, 0.4) is 0 Å². The van der Waals surface area contributed by atoms with Gasteiger partial charge in [-0.05, 0) is 36.0 Å². The fourth-order valence-electron chi connectivity index (χ4n) is 2.50. The molecule has 0 spiro atoms. The Morgan fingerprint density at radius 2 is 2.05 bits per heavy atom. The normalized spacial score (nSPS) is 16.3. The smallest absolute Gasteiger partial charge is 0.200 e. The second-order valence-electron chi connectivity index (χ2n) is 6.20. The highest BCUT2D eigenvalue weighted by Crippen LogP contribution is 2.19. The van der Waals surface area contributed by atoms with E-state index < -0.39 is 0 Å². The third-order valence-electron chi connectivity index (χ3n) is 4.37. The van der Waals surface area contributed by atoms with E-state index in [1.165, 1.54) is 24.0 Å². The standard InChI is InChI=1S/C19H27N3/c1-5-14(2)9-10-16-7-6-8-17(12-16)13-18-11-15(3)22(4)19(20)21-18/h6-8,11-12,14H,3,5,9-10,13H2,1-2,4H3,(H2,20,21). The van der Waals surface area contributed by atoms with Gasteiger partial charge < -0.3 is 10.6 Å². The molecule has 0 fully saturated rings. The van der Waals surface area contributed by atoms with Crippen molar-refractivity contribution in [2.24, 2.45) is 16.6 Å². The van der Waals surface area contributed by atoms with Crippen LogP contribution in [0.4, 0.5) is 0 Å². The molecule has 0 aromatic heterocycles. The maximum atomic E-state index is 5.91. The van der Waals surface area contributed by atoms with E-state index >= 15 is 0 Å². The van der Waals surface area contributed by atoms with E-state index in [0.717, 1.165) is 30.2 Å². The van der Waals surface area contributed by atoms with Crippen LogP contribution in [0, 0.1) is 5.92 Å². The lowest BCUT2D eigenvalue weighted by Gasteiger charge is -2.23. The molecule has 3 heteroatoms. The van der Waals surface area contributed by atoms with Crippen LogP contribution in [-0.4, -0.2) is 17.9 Å². The number of likely N-dealkylation sites (N-methyl/N-ethyl adjacent to an activating group) is 1.